The molecule has 25 heavy (non-hydrogen) atoms. The lowest BCUT2D eigenvalue weighted by molar-refractivity contribution is -0.133. The van der Waals surface area contributed by atoms with Crippen LogP contribution in [0, 0.1) is 0 Å². The van der Waals surface area contributed by atoms with Gasteiger partial charge in [-0.1, -0.05) is 24.3 Å². The molecule has 2 atom stereocenters. The second-order valence-corrected chi connectivity index (χ2v) is 8.04. The highest BCUT2D eigenvalue weighted by Crippen LogP contribution is 2.53. The van der Waals surface area contributed by atoms with E-state index in [2.05, 4.69) is 4.98 Å². The average molecular weight is 361 g/mol. The maximum absolute atomic E-state index is 13.8. The molecule has 0 saturated heterocycles. The highest BCUT2D eigenvalue weighted by molar-refractivity contribution is 7.64. The molecule has 1 aromatic heterocycles. The maximum atomic E-state index is 13.8. The van der Waals surface area contributed by atoms with Crippen molar-refractivity contribution in [3.63, 3.8) is 0 Å². The van der Waals surface area contributed by atoms with Crippen LogP contribution >= 0.6 is 7.52 Å². The molecule has 0 bridgehead atoms. The molecule has 1 aliphatic rings. The number of benzene rings is 1. The number of amides is 1. The van der Waals surface area contributed by atoms with Crippen LogP contribution in [0.5, 0.6) is 0 Å². The average Bonchev–Trinajstić information content (AvgIpc) is 2.67. The zero-order valence-electron chi connectivity index (χ0n) is 13.8. The Kier molecular flexibility index (Phi) is 5.30. The van der Waals surface area contributed by atoms with Crippen molar-refractivity contribution in [1.82, 2.24) is 15.1 Å². The summed E-state index contributed by atoms with van der Waals surface area (Å²) in [6.45, 7) is 2.27. The number of carbonyl (C=O) groups is 1. The van der Waals surface area contributed by atoms with E-state index in [9.17, 15) is 9.36 Å². The topological polar surface area (TPSA) is 91.8 Å². The van der Waals surface area contributed by atoms with Crippen molar-refractivity contribution in [1.29, 1.82) is 0 Å². The zero-order chi connectivity index (χ0) is 17.9. The Morgan fingerprint density at radius 3 is 2.64 bits per heavy atom. The molecule has 132 valence electrons. The van der Waals surface area contributed by atoms with Crippen molar-refractivity contribution in [3.05, 3.63) is 59.9 Å². The van der Waals surface area contributed by atoms with E-state index in [4.69, 9.17) is 9.73 Å². The number of hydrogen-bond acceptors (Lipinski definition) is 5. The molecule has 1 amide bonds. The van der Waals surface area contributed by atoms with Gasteiger partial charge in [0, 0.05) is 18.9 Å². The molecule has 2 N–H and O–H groups in total. The van der Waals surface area contributed by atoms with Crippen LogP contribution in [0.25, 0.3) is 0 Å². The van der Waals surface area contributed by atoms with Crippen LogP contribution < -0.4 is 10.8 Å². The third kappa shape index (κ3) is 3.37. The molecule has 0 spiro atoms. The number of nitrogens with one attached hydrogen (secondary N) is 1. The normalized spacial score (nSPS) is 19.7. The Labute approximate surface area is 146 Å². The highest BCUT2D eigenvalue weighted by atomic mass is 31.2. The minimum atomic E-state index is -3.50. The van der Waals surface area contributed by atoms with E-state index in [1.165, 1.54) is 0 Å². The molecule has 3 rings (SSSR count). The lowest BCUT2D eigenvalue weighted by Crippen LogP contribution is -2.49. The van der Waals surface area contributed by atoms with Crippen LogP contribution in [-0.4, -0.2) is 33.4 Å². The fraction of sp³-hybridized carbons (Fsp3) is 0.294. The number of fused-ring (bicyclic) bond motifs is 1. The quantitative estimate of drug-likeness (QED) is 0.480. The molecule has 1 aromatic carbocycles. The third-order valence-corrected chi connectivity index (χ3v) is 6.92. The van der Waals surface area contributed by atoms with Crippen molar-refractivity contribution < 1.29 is 19.1 Å². The highest BCUT2D eigenvalue weighted by Gasteiger charge is 2.44. The SMILES string of the molecule is CCO[P@](=O)(c1ccncc1)N1Cc2ccccc2C[C@@H]1C(=O)NO. The van der Waals surface area contributed by atoms with E-state index >= 15 is 0 Å². The Morgan fingerprint density at radius 2 is 2.00 bits per heavy atom. The second-order valence-electron chi connectivity index (χ2n) is 5.71. The van der Waals surface area contributed by atoms with Gasteiger partial charge in [0.05, 0.1) is 11.9 Å². The first-order chi connectivity index (χ1) is 12.1. The molecule has 1 aliphatic heterocycles. The van der Waals surface area contributed by atoms with Crippen molar-refractivity contribution in [2.24, 2.45) is 0 Å². The van der Waals surface area contributed by atoms with Crippen molar-refractivity contribution in [3.8, 4) is 0 Å². The largest absolute Gasteiger partial charge is 0.314 e. The first kappa shape index (κ1) is 17.8. The zero-order valence-corrected chi connectivity index (χ0v) is 14.7. The summed E-state index contributed by atoms with van der Waals surface area (Å²) in [6, 6.07) is 10.1. The summed E-state index contributed by atoms with van der Waals surface area (Å²) < 4.78 is 21.1. The Balaban J connectivity index is 2.09. The molecule has 2 heterocycles. The summed E-state index contributed by atoms with van der Waals surface area (Å²) in [7, 11) is -3.50. The molecule has 2 aromatic rings. The maximum Gasteiger partial charge on any atom is 0.303 e. The standard InChI is InChI=1S/C17H20N3O4P/c1-2-24-25(23,15-7-9-18-10-8-15)20-12-14-6-4-3-5-13(14)11-16(20)17(21)19-22/h3-10,16,22H,2,11-12H2,1H3,(H,19,21)/t16-,25-/m1/s1. The number of nitrogens with zero attached hydrogens (tertiary/aromatic N) is 2. The molecular formula is C17H20N3O4P. The molecule has 0 saturated carbocycles. The Morgan fingerprint density at radius 1 is 1.32 bits per heavy atom. The van der Waals surface area contributed by atoms with E-state index in [1.807, 2.05) is 24.3 Å². The van der Waals surface area contributed by atoms with E-state index in [0.29, 0.717) is 11.7 Å². The van der Waals surface area contributed by atoms with Crippen LogP contribution in [0.1, 0.15) is 18.1 Å². The summed E-state index contributed by atoms with van der Waals surface area (Å²) in [5.41, 5.74) is 3.67. The third-order valence-electron chi connectivity index (χ3n) is 4.27. The summed E-state index contributed by atoms with van der Waals surface area (Å²) in [5.74, 6) is -0.608. The lowest BCUT2D eigenvalue weighted by Gasteiger charge is -2.39. The number of aromatic nitrogens is 1. The summed E-state index contributed by atoms with van der Waals surface area (Å²) in [6.07, 6.45) is 3.42. The monoisotopic (exact) mass is 361 g/mol. The second kappa shape index (κ2) is 7.45. The van der Waals surface area contributed by atoms with Gasteiger partial charge in [0.2, 0.25) is 0 Å². The van der Waals surface area contributed by atoms with Gasteiger partial charge in [-0.2, -0.15) is 0 Å². The molecule has 7 nitrogen and oxygen atoms in total. The van der Waals surface area contributed by atoms with E-state index in [0.717, 1.165) is 11.1 Å². The van der Waals surface area contributed by atoms with Gasteiger partial charge in [0.25, 0.3) is 5.91 Å². The van der Waals surface area contributed by atoms with Gasteiger partial charge in [0.15, 0.2) is 0 Å². The fourth-order valence-electron chi connectivity index (χ4n) is 3.09. The Bertz CT molecular complexity index is 799. The van der Waals surface area contributed by atoms with Crippen LogP contribution in [-0.2, 0) is 26.8 Å². The summed E-state index contributed by atoms with van der Waals surface area (Å²) in [4.78, 5) is 16.2. The molecule has 0 fully saturated rings. The number of pyridine rings is 1. The molecule has 8 heteroatoms. The first-order valence-electron chi connectivity index (χ1n) is 8.03. The van der Waals surface area contributed by atoms with Gasteiger partial charge in [-0.05, 0) is 36.6 Å². The van der Waals surface area contributed by atoms with Crippen LogP contribution in [0.2, 0.25) is 0 Å². The number of rotatable bonds is 5. The van der Waals surface area contributed by atoms with Gasteiger partial charge in [-0.3, -0.25) is 19.6 Å². The Hall–Kier alpha value is -2.05. The molecular weight excluding hydrogens is 341 g/mol. The minimum Gasteiger partial charge on any atom is -0.314 e. The van der Waals surface area contributed by atoms with Crippen LogP contribution in [0.15, 0.2) is 48.8 Å². The molecule has 0 radical (unpaired) electrons. The predicted molar refractivity (Wildman–Crippen MR) is 92.5 cm³/mol. The summed E-state index contributed by atoms with van der Waals surface area (Å²) >= 11 is 0. The van der Waals surface area contributed by atoms with Gasteiger partial charge in [-0.25, -0.2) is 10.2 Å². The van der Waals surface area contributed by atoms with Crippen LogP contribution in [0.3, 0.4) is 0 Å². The van der Waals surface area contributed by atoms with Gasteiger partial charge >= 0.3 is 7.52 Å². The van der Waals surface area contributed by atoms with Gasteiger partial charge in [-0.15, -0.1) is 0 Å². The smallest absolute Gasteiger partial charge is 0.303 e. The lowest BCUT2D eigenvalue weighted by atomic mass is 9.95. The van der Waals surface area contributed by atoms with E-state index in [1.54, 1.807) is 41.6 Å². The van der Waals surface area contributed by atoms with Crippen molar-refractivity contribution in [2.75, 3.05) is 6.61 Å². The van der Waals surface area contributed by atoms with Crippen LogP contribution in [0.4, 0.5) is 0 Å². The van der Waals surface area contributed by atoms with Gasteiger partial charge < -0.3 is 4.52 Å². The first-order valence-corrected chi connectivity index (χ1v) is 9.61. The predicted octanol–water partition coefficient (Wildman–Crippen LogP) is 1.87. The van der Waals surface area contributed by atoms with Gasteiger partial charge in [0.1, 0.15) is 6.04 Å². The molecule has 0 unspecified atom stereocenters. The number of hydrogen-bond donors (Lipinski definition) is 2. The van der Waals surface area contributed by atoms with Crippen molar-refractivity contribution >= 4 is 18.7 Å². The van der Waals surface area contributed by atoms with E-state index in [-0.39, 0.29) is 13.2 Å². The fourth-order valence-corrected chi connectivity index (χ4v) is 5.44. The summed E-state index contributed by atoms with van der Waals surface area (Å²) in [5, 5.41) is 9.62. The van der Waals surface area contributed by atoms with Crippen molar-refractivity contribution in [2.45, 2.75) is 25.9 Å². The van der Waals surface area contributed by atoms with E-state index < -0.39 is 19.5 Å². The number of hydroxylamine groups is 1. The number of carbonyl (C=O) groups excluding carboxylic acids is 1. The minimum absolute atomic E-state index is 0.227. The molecule has 0 aliphatic carbocycles.